The minimum atomic E-state index is -3.44. The van der Waals surface area contributed by atoms with E-state index in [1.54, 1.807) is 35.2 Å². The van der Waals surface area contributed by atoms with Crippen LogP contribution < -0.4 is 4.74 Å². The Bertz CT molecular complexity index is 1100. The first kappa shape index (κ1) is 20.2. The van der Waals surface area contributed by atoms with E-state index in [9.17, 15) is 13.2 Å². The number of hydrogen-bond donors (Lipinski definition) is 0. The van der Waals surface area contributed by atoms with Crippen LogP contribution in [0.2, 0.25) is 0 Å². The molecular weight excluding hydrogens is 398 g/mol. The lowest BCUT2D eigenvalue weighted by Gasteiger charge is -2.17. The third-order valence-electron chi connectivity index (χ3n) is 5.33. The number of benzene rings is 3. The van der Waals surface area contributed by atoms with Gasteiger partial charge in [-0.15, -0.1) is 0 Å². The molecule has 0 aliphatic carbocycles. The van der Waals surface area contributed by atoms with Crippen molar-refractivity contribution < 1.29 is 17.9 Å². The van der Waals surface area contributed by atoms with Crippen LogP contribution in [0.3, 0.4) is 0 Å². The molecule has 3 aromatic carbocycles. The Balaban J connectivity index is 1.33. The van der Waals surface area contributed by atoms with Gasteiger partial charge in [-0.2, -0.15) is 0 Å². The van der Waals surface area contributed by atoms with Gasteiger partial charge >= 0.3 is 0 Å². The van der Waals surface area contributed by atoms with Crippen molar-refractivity contribution in [3.05, 3.63) is 84.9 Å². The van der Waals surface area contributed by atoms with Crippen molar-refractivity contribution in [1.29, 1.82) is 0 Å². The number of ether oxygens (including phenoxy) is 1. The summed E-state index contributed by atoms with van der Waals surface area (Å²) >= 11 is 0. The molecule has 154 valence electrons. The van der Waals surface area contributed by atoms with Crippen LogP contribution in [0.1, 0.15) is 6.42 Å². The molecule has 1 fully saturated rings. The summed E-state index contributed by atoms with van der Waals surface area (Å²) in [5, 5.41) is -0.575. The van der Waals surface area contributed by atoms with E-state index in [1.165, 1.54) is 0 Å². The lowest BCUT2D eigenvalue weighted by Crippen LogP contribution is -2.35. The summed E-state index contributed by atoms with van der Waals surface area (Å²) in [6, 6.07) is 26.0. The Kier molecular flexibility index (Phi) is 5.86. The van der Waals surface area contributed by atoms with Crippen molar-refractivity contribution in [3.8, 4) is 16.9 Å². The highest BCUT2D eigenvalue weighted by molar-refractivity contribution is 7.92. The second kappa shape index (κ2) is 8.71. The molecule has 0 saturated carbocycles. The number of carbonyl (C=O) groups is 1. The number of nitrogens with zero attached hydrogens (tertiary/aromatic N) is 1. The summed E-state index contributed by atoms with van der Waals surface area (Å²) in [5.74, 6) is 0.406. The van der Waals surface area contributed by atoms with E-state index in [4.69, 9.17) is 4.74 Å². The summed E-state index contributed by atoms with van der Waals surface area (Å²) < 4.78 is 31.2. The summed E-state index contributed by atoms with van der Waals surface area (Å²) in [6.07, 6.45) is 0.439. The van der Waals surface area contributed by atoms with Crippen LogP contribution in [-0.2, 0) is 14.6 Å². The number of rotatable bonds is 6. The molecule has 1 aliphatic heterocycles. The van der Waals surface area contributed by atoms with Gasteiger partial charge in [0, 0.05) is 13.1 Å². The van der Waals surface area contributed by atoms with Crippen LogP contribution in [0, 0.1) is 0 Å². The van der Waals surface area contributed by atoms with Crippen LogP contribution in [0.25, 0.3) is 11.1 Å². The molecule has 4 rings (SSSR count). The normalized spacial score (nSPS) is 16.4. The Morgan fingerprint density at radius 1 is 0.867 bits per heavy atom. The molecule has 1 unspecified atom stereocenters. The van der Waals surface area contributed by atoms with Gasteiger partial charge in [-0.25, -0.2) is 8.42 Å². The summed E-state index contributed by atoms with van der Waals surface area (Å²) in [5.41, 5.74) is 2.19. The summed E-state index contributed by atoms with van der Waals surface area (Å²) in [6.45, 7) is 0.515. The molecule has 0 radical (unpaired) electrons. The van der Waals surface area contributed by atoms with Crippen molar-refractivity contribution in [2.75, 3.05) is 19.7 Å². The smallest absolute Gasteiger partial charge is 0.260 e. The van der Waals surface area contributed by atoms with E-state index >= 15 is 0 Å². The fourth-order valence-corrected chi connectivity index (χ4v) is 5.33. The van der Waals surface area contributed by atoms with Crippen molar-refractivity contribution in [3.63, 3.8) is 0 Å². The monoisotopic (exact) mass is 421 g/mol. The molecule has 1 heterocycles. The largest absolute Gasteiger partial charge is 0.484 e. The average molecular weight is 422 g/mol. The van der Waals surface area contributed by atoms with Gasteiger partial charge in [-0.1, -0.05) is 60.7 Å². The Morgan fingerprint density at radius 2 is 1.47 bits per heavy atom. The second-order valence-electron chi connectivity index (χ2n) is 7.29. The van der Waals surface area contributed by atoms with Crippen molar-refractivity contribution >= 4 is 15.7 Å². The molecule has 0 bridgehead atoms. The lowest BCUT2D eigenvalue weighted by atomic mass is 10.1. The average Bonchev–Trinajstić information content (AvgIpc) is 3.30. The quantitative estimate of drug-likeness (QED) is 0.607. The summed E-state index contributed by atoms with van der Waals surface area (Å²) in [4.78, 5) is 14.4. The SMILES string of the molecule is O=C(COc1ccc(-c2ccccc2)cc1)N1CCC(S(=O)(=O)c2ccccc2)C1. The molecule has 3 aromatic rings. The highest BCUT2D eigenvalue weighted by Crippen LogP contribution is 2.25. The van der Waals surface area contributed by atoms with Gasteiger partial charge in [-0.3, -0.25) is 4.79 Å². The number of sulfone groups is 1. The van der Waals surface area contributed by atoms with Gasteiger partial charge in [0.25, 0.3) is 5.91 Å². The third kappa shape index (κ3) is 4.39. The third-order valence-corrected chi connectivity index (χ3v) is 7.52. The first-order valence-corrected chi connectivity index (χ1v) is 11.4. The number of amides is 1. The van der Waals surface area contributed by atoms with Crippen LogP contribution >= 0.6 is 0 Å². The molecule has 30 heavy (non-hydrogen) atoms. The minimum absolute atomic E-state index is 0.108. The molecular formula is C24H23NO4S. The molecule has 1 atom stereocenters. The van der Waals surface area contributed by atoms with Gasteiger partial charge in [-0.05, 0) is 41.8 Å². The molecule has 0 aromatic heterocycles. The maximum atomic E-state index is 12.8. The van der Waals surface area contributed by atoms with E-state index in [2.05, 4.69) is 0 Å². The van der Waals surface area contributed by atoms with Crippen molar-refractivity contribution in [1.82, 2.24) is 4.90 Å². The molecule has 1 aliphatic rings. The zero-order valence-corrected chi connectivity index (χ0v) is 17.3. The molecule has 1 saturated heterocycles. The van der Waals surface area contributed by atoms with E-state index in [0.717, 1.165) is 11.1 Å². The second-order valence-corrected chi connectivity index (χ2v) is 9.52. The van der Waals surface area contributed by atoms with E-state index < -0.39 is 15.1 Å². The predicted octanol–water partition coefficient (Wildman–Crippen LogP) is 3.81. The standard InChI is InChI=1S/C24H23NO4S/c26-24(18-29-21-13-11-20(12-14-21)19-7-3-1-4-8-19)25-16-15-23(17-25)30(27,28)22-9-5-2-6-10-22/h1-14,23H,15-18H2. The van der Waals surface area contributed by atoms with Crippen LogP contribution in [-0.4, -0.2) is 44.2 Å². The minimum Gasteiger partial charge on any atom is -0.484 e. The van der Waals surface area contributed by atoms with Crippen molar-refractivity contribution in [2.24, 2.45) is 0 Å². The van der Waals surface area contributed by atoms with Crippen LogP contribution in [0.15, 0.2) is 89.8 Å². The fraction of sp³-hybridized carbons (Fsp3) is 0.208. The number of carbonyl (C=O) groups excluding carboxylic acids is 1. The van der Waals surface area contributed by atoms with Crippen molar-refractivity contribution in [2.45, 2.75) is 16.6 Å². The number of hydrogen-bond acceptors (Lipinski definition) is 4. The van der Waals surface area contributed by atoms with Crippen LogP contribution in [0.5, 0.6) is 5.75 Å². The first-order chi connectivity index (χ1) is 14.5. The highest BCUT2D eigenvalue weighted by atomic mass is 32.2. The zero-order chi connectivity index (χ0) is 21.0. The fourth-order valence-electron chi connectivity index (χ4n) is 3.62. The molecule has 0 spiro atoms. The van der Waals surface area contributed by atoms with E-state index in [-0.39, 0.29) is 19.1 Å². The van der Waals surface area contributed by atoms with Gasteiger partial charge in [0.05, 0.1) is 10.1 Å². The van der Waals surface area contributed by atoms with Crippen LogP contribution in [0.4, 0.5) is 0 Å². The predicted molar refractivity (Wildman–Crippen MR) is 116 cm³/mol. The Labute approximate surface area is 176 Å². The Hall–Kier alpha value is -3.12. The Morgan fingerprint density at radius 3 is 2.13 bits per heavy atom. The summed E-state index contributed by atoms with van der Waals surface area (Å²) in [7, 11) is -3.44. The molecule has 0 N–H and O–H groups in total. The van der Waals surface area contributed by atoms with Gasteiger partial charge in [0.15, 0.2) is 16.4 Å². The van der Waals surface area contributed by atoms with Gasteiger partial charge in [0.1, 0.15) is 5.75 Å². The van der Waals surface area contributed by atoms with E-state index in [0.29, 0.717) is 23.6 Å². The zero-order valence-electron chi connectivity index (χ0n) is 16.5. The topological polar surface area (TPSA) is 63.7 Å². The first-order valence-electron chi connectivity index (χ1n) is 9.89. The van der Waals surface area contributed by atoms with Gasteiger partial charge < -0.3 is 9.64 Å². The number of likely N-dealkylation sites (tertiary alicyclic amines) is 1. The van der Waals surface area contributed by atoms with Gasteiger partial charge in [0.2, 0.25) is 0 Å². The maximum absolute atomic E-state index is 12.8. The highest BCUT2D eigenvalue weighted by Gasteiger charge is 2.36. The van der Waals surface area contributed by atoms with E-state index in [1.807, 2.05) is 54.6 Å². The lowest BCUT2D eigenvalue weighted by molar-refractivity contribution is -0.132. The molecule has 5 nitrogen and oxygen atoms in total. The molecule has 1 amide bonds. The maximum Gasteiger partial charge on any atom is 0.260 e. The molecule has 6 heteroatoms.